The predicted octanol–water partition coefficient (Wildman–Crippen LogP) is 3.42. The van der Waals surface area contributed by atoms with E-state index in [9.17, 15) is 18.8 Å². The monoisotopic (exact) mass is 511 g/mol. The lowest BCUT2D eigenvalue weighted by molar-refractivity contribution is -0.123. The fraction of sp³-hybridized carbons (Fsp3) is 0.280. The molecular formula is C25H26FN5O4S. The molecular weight excluding hydrogens is 485 g/mol. The summed E-state index contributed by atoms with van der Waals surface area (Å²) in [6, 6.07) is 10.8. The van der Waals surface area contributed by atoms with Gasteiger partial charge >= 0.3 is 0 Å². The molecule has 1 heterocycles. The van der Waals surface area contributed by atoms with Crippen LogP contribution >= 0.6 is 11.5 Å². The standard InChI is InChI=1S/C25H26FN5O4S/c1-35-18-8-4-7-17(13-18)31(25(34)22-19(27)20(23(28)32)30-36-22)21(14-9-11-15(26)12-10-14)24(33)29-16-5-2-3-6-16/h4,7-13,16,21H,2-3,5-6,27H2,1H3,(H2,28,32)(H,29,33)/t21-/m1/s1. The molecule has 0 bridgehead atoms. The molecule has 11 heteroatoms. The van der Waals surface area contributed by atoms with Crippen molar-refractivity contribution in [2.24, 2.45) is 5.73 Å². The molecule has 4 rings (SSSR count). The maximum absolute atomic E-state index is 14.0. The average Bonchev–Trinajstić information content (AvgIpc) is 3.52. The minimum Gasteiger partial charge on any atom is -0.497 e. The second-order valence-electron chi connectivity index (χ2n) is 8.46. The number of carbonyl (C=O) groups is 3. The number of ether oxygens (including phenoxy) is 1. The summed E-state index contributed by atoms with van der Waals surface area (Å²) in [5.41, 5.74) is 11.8. The number of aromatic nitrogens is 1. The van der Waals surface area contributed by atoms with E-state index in [1.165, 1.54) is 36.3 Å². The number of methoxy groups -OCH3 is 1. The molecule has 1 aliphatic rings. The summed E-state index contributed by atoms with van der Waals surface area (Å²) in [6.45, 7) is 0. The van der Waals surface area contributed by atoms with Crippen LogP contribution in [0.4, 0.5) is 15.8 Å². The summed E-state index contributed by atoms with van der Waals surface area (Å²) in [7, 11) is 1.48. The first-order valence-corrected chi connectivity index (χ1v) is 12.2. The first-order chi connectivity index (χ1) is 17.3. The molecule has 0 aliphatic heterocycles. The van der Waals surface area contributed by atoms with Crippen molar-refractivity contribution in [1.29, 1.82) is 0 Å². The Kier molecular flexibility index (Phi) is 7.49. The zero-order chi connectivity index (χ0) is 25.8. The number of carbonyl (C=O) groups excluding carboxylic acids is 3. The highest BCUT2D eigenvalue weighted by Crippen LogP contribution is 2.35. The lowest BCUT2D eigenvalue weighted by Gasteiger charge is -2.32. The second kappa shape index (κ2) is 10.7. The molecule has 5 N–H and O–H groups in total. The Morgan fingerprint density at radius 2 is 1.86 bits per heavy atom. The van der Waals surface area contributed by atoms with E-state index >= 15 is 0 Å². The zero-order valence-corrected chi connectivity index (χ0v) is 20.4. The first-order valence-electron chi connectivity index (χ1n) is 11.4. The summed E-state index contributed by atoms with van der Waals surface area (Å²) in [4.78, 5) is 40.7. The van der Waals surface area contributed by atoms with Crippen LogP contribution in [-0.4, -0.2) is 35.2 Å². The molecule has 188 valence electrons. The maximum atomic E-state index is 14.0. The third-order valence-corrected chi connectivity index (χ3v) is 6.95. The predicted molar refractivity (Wildman–Crippen MR) is 134 cm³/mol. The average molecular weight is 512 g/mol. The maximum Gasteiger partial charge on any atom is 0.273 e. The summed E-state index contributed by atoms with van der Waals surface area (Å²) in [5, 5.41) is 3.04. The normalized spacial score (nSPS) is 14.3. The Hall–Kier alpha value is -3.99. The number of nitrogens with two attached hydrogens (primary N) is 2. The SMILES string of the molecule is COc1cccc(N(C(=O)c2snc(C(N)=O)c2N)[C@@H](C(=O)NC2CCCC2)c2ccc(F)cc2)c1. The van der Waals surface area contributed by atoms with Crippen LogP contribution in [0, 0.1) is 5.82 Å². The topological polar surface area (TPSA) is 141 Å². The van der Waals surface area contributed by atoms with E-state index in [1.807, 2.05) is 0 Å². The number of hydrogen-bond acceptors (Lipinski definition) is 7. The van der Waals surface area contributed by atoms with Crippen LogP contribution in [0.2, 0.25) is 0 Å². The Balaban J connectivity index is 1.86. The highest BCUT2D eigenvalue weighted by Gasteiger charge is 2.37. The highest BCUT2D eigenvalue weighted by atomic mass is 32.1. The number of rotatable bonds is 8. The Morgan fingerprint density at radius 3 is 2.47 bits per heavy atom. The number of primary amides is 1. The van der Waals surface area contributed by atoms with Crippen molar-refractivity contribution < 1.29 is 23.5 Å². The van der Waals surface area contributed by atoms with Crippen LogP contribution in [0.5, 0.6) is 5.75 Å². The van der Waals surface area contributed by atoms with Gasteiger partial charge in [0.15, 0.2) is 5.69 Å². The minimum atomic E-state index is -1.18. The molecule has 0 saturated heterocycles. The molecule has 0 spiro atoms. The molecule has 2 aromatic carbocycles. The fourth-order valence-corrected chi connectivity index (χ4v) is 5.04. The fourth-order valence-electron chi connectivity index (χ4n) is 4.30. The third-order valence-electron chi connectivity index (χ3n) is 6.10. The Morgan fingerprint density at radius 1 is 1.17 bits per heavy atom. The summed E-state index contributed by atoms with van der Waals surface area (Å²) in [6.07, 6.45) is 3.66. The summed E-state index contributed by atoms with van der Waals surface area (Å²) < 4.78 is 23.1. The van der Waals surface area contributed by atoms with E-state index in [0.29, 0.717) is 28.5 Å². The Labute approximate surface area is 211 Å². The van der Waals surface area contributed by atoms with Gasteiger partial charge in [-0.15, -0.1) is 0 Å². The molecule has 1 fully saturated rings. The van der Waals surface area contributed by atoms with Crippen LogP contribution < -0.4 is 26.4 Å². The van der Waals surface area contributed by atoms with Gasteiger partial charge in [-0.1, -0.05) is 31.0 Å². The number of nitrogen functional groups attached to an aromatic ring is 1. The van der Waals surface area contributed by atoms with Gasteiger partial charge in [0.25, 0.3) is 11.8 Å². The lowest BCUT2D eigenvalue weighted by Crippen LogP contribution is -2.46. The van der Waals surface area contributed by atoms with Crippen molar-refractivity contribution in [1.82, 2.24) is 9.69 Å². The van der Waals surface area contributed by atoms with Gasteiger partial charge in [-0.2, -0.15) is 4.37 Å². The van der Waals surface area contributed by atoms with E-state index in [1.54, 1.807) is 24.3 Å². The molecule has 9 nitrogen and oxygen atoms in total. The number of halogens is 1. The number of nitrogens with zero attached hydrogens (tertiary/aromatic N) is 2. The van der Waals surface area contributed by atoms with Gasteiger partial charge in [0.05, 0.1) is 12.8 Å². The highest BCUT2D eigenvalue weighted by molar-refractivity contribution is 7.09. The van der Waals surface area contributed by atoms with Crippen LogP contribution in [0.1, 0.15) is 57.4 Å². The van der Waals surface area contributed by atoms with Crippen LogP contribution in [0.3, 0.4) is 0 Å². The molecule has 0 unspecified atom stereocenters. The molecule has 36 heavy (non-hydrogen) atoms. The van der Waals surface area contributed by atoms with Crippen molar-refractivity contribution in [2.45, 2.75) is 37.8 Å². The number of nitrogens with one attached hydrogen (secondary N) is 1. The van der Waals surface area contributed by atoms with E-state index in [2.05, 4.69) is 9.69 Å². The third kappa shape index (κ3) is 5.15. The lowest BCUT2D eigenvalue weighted by atomic mass is 10.0. The van der Waals surface area contributed by atoms with Gasteiger partial charge in [-0.25, -0.2) is 4.39 Å². The van der Waals surface area contributed by atoms with Crippen molar-refractivity contribution >= 4 is 40.6 Å². The van der Waals surface area contributed by atoms with E-state index in [4.69, 9.17) is 16.2 Å². The van der Waals surface area contributed by atoms with Crippen LogP contribution in [-0.2, 0) is 4.79 Å². The van der Waals surface area contributed by atoms with Crippen LogP contribution in [0.25, 0.3) is 0 Å². The minimum absolute atomic E-state index is 0.0300. The Bertz CT molecular complexity index is 1270. The van der Waals surface area contributed by atoms with Gasteiger partial charge in [0.2, 0.25) is 5.91 Å². The largest absolute Gasteiger partial charge is 0.497 e. The first kappa shape index (κ1) is 25.1. The summed E-state index contributed by atoms with van der Waals surface area (Å²) >= 11 is 0.715. The van der Waals surface area contributed by atoms with E-state index in [-0.39, 0.29) is 22.3 Å². The van der Waals surface area contributed by atoms with Gasteiger partial charge in [0.1, 0.15) is 22.5 Å². The molecule has 1 aromatic heterocycles. The number of benzene rings is 2. The van der Waals surface area contributed by atoms with Gasteiger partial charge in [0, 0.05) is 17.8 Å². The van der Waals surface area contributed by atoms with Crippen molar-refractivity contribution in [3.63, 3.8) is 0 Å². The van der Waals surface area contributed by atoms with E-state index in [0.717, 1.165) is 25.7 Å². The molecule has 1 atom stereocenters. The van der Waals surface area contributed by atoms with E-state index < -0.39 is 29.6 Å². The van der Waals surface area contributed by atoms with Crippen molar-refractivity contribution in [2.75, 3.05) is 17.7 Å². The van der Waals surface area contributed by atoms with Gasteiger partial charge < -0.3 is 21.5 Å². The second-order valence-corrected chi connectivity index (χ2v) is 9.23. The quantitative estimate of drug-likeness (QED) is 0.423. The van der Waals surface area contributed by atoms with Gasteiger partial charge in [-0.3, -0.25) is 19.3 Å². The molecule has 0 radical (unpaired) electrons. The zero-order valence-electron chi connectivity index (χ0n) is 19.6. The molecule has 1 aliphatic carbocycles. The number of amides is 3. The summed E-state index contributed by atoms with van der Waals surface area (Å²) in [5.74, 6) is -1.99. The van der Waals surface area contributed by atoms with Crippen molar-refractivity contribution in [3.05, 3.63) is 70.5 Å². The van der Waals surface area contributed by atoms with Crippen molar-refractivity contribution in [3.8, 4) is 5.75 Å². The number of hydrogen-bond donors (Lipinski definition) is 3. The van der Waals surface area contributed by atoms with Crippen LogP contribution in [0.15, 0.2) is 48.5 Å². The molecule has 1 saturated carbocycles. The number of anilines is 2. The molecule has 3 aromatic rings. The van der Waals surface area contributed by atoms with Gasteiger partial charge in [-0.05, 0) is 54.2 Å². The molecule has 3 amide bonds. The smallest absolute Gasteiger partial charge is 0.273 e.